The molecule has 0 aromatic carbocycles. The molecule has 3 aliphatic heterocycles. The third-order valence-corrected chi connectivity index (χ3v) is 16.9. The number of carbonyl (C=O) groups excluding carboxylic acids is 1. The summed E-state index contributed by atoms with van der Waals surface area (Å²) in [5, 5.41) is 120. The summed E-state index contributed by atoms with van der Waals surface area (Å²) >= 11 is 0. The van der Waals surface area contributed by atoms with Crippen molar-refractivity contribution >= 4 is 5.91 Å². The number of nitrogens with one attached hydrogen (secondary N) is 1. The topological polar surface area (TPSA) is 307 Å². The van der Waals surface area contributed by atoms with Crippen LogP contribution in [0.25, 0.3) is 0 Å². The van der Waals surface area contributed by atoms with Crippen LogP contribution in [0.4, 0.5) is 0 Å². The fraction of sp³-hybridized carbons (Fsp3) is 0.894. The molecule has 0 bridgehead atoms. The third kappa shape index (κ3) is 31.5. The highest BCUT2D eigenvalue weighted by Gasteiger charge is 2.53. The zero-order valence-electron chi connectivity index (χ0n) is 52.3. The second-order valence-corrected chi connectivity index (χ2v) is 24.3. The Labute approximate surface area is 511 Å². The molecule has 19 heteroatoms. The summed E-state index contributed by atoms with van der Waals surface area (Å²) in [5.41, 5.74) is 0. The van der Waals surface area contributed by atoms with Crippen LogP contribution in [0, 0.1) is 0 Å². The summed E-state index contributed by atoms with van der Waals surface area (Å²) < 4.78 is 34.3. The minimum absolute atomic E-state index is 0.235. The summed E-state index contributed by atoms with van der Waals surface area (Å²) in [6.45, 7) is 1.71. The van der Waals surface area contributed by atoms with Gasteiger partial charge < -0.3 is 89.9 Å². The molecule has 0 aromatic heterocycles. The molecule has 3 heterocycles. The van der Waals surface area contributed by atoms with Crippen molar-refractivity contribution in [1.29, 1.82) is 0 Å². The summed E-state index contributed by atoms with van der Waals surface area (Å²) in [4.78, 5) is 13.3. The Morgan fingerprint density at radius 2 is 0.753 bits per heavy atom. The van der Waals surface area contributed by atoms with E-state index in [-0.39, 0.29) is 18.9 Å². The van der Waals surface area contributed by atoms with Crippen molar-refractivity contribution in [2.45, 2.75) is 349 Å². The number of unbranched alkanes of at least 4 members (excludes halogenated alkanes) is 31. The van der Waals surface area contributed by atoms with Crippen LogP contribution in [0.15, 0.2) is 36.5 Å². The minimum atomic E-state index is -1.98. The molecule has 17 atom stereocenters. The number of amides is 1. The molecule has 0 radical (unpaired) electrons. The van der Waals surface area contributed by atoms with E-state index in [0.29, 0.717) is 12.8 Å². The van der Waals surface area contributed by atoms with E-state index >= 15 is 0 Å². The maximum atomic E-state index is 13.3. The zero-order chi connectivity index (χ0) is 61.9. The van der Waals surface area contributed by atoms with Crippen molar-refractivity contribution in [3.63, 3.8) is 0 Å². The molecule has 0 aromatic rings. The van der Waals surface area contributed by atoms with Crippen molar-refractivity contribution < 1.29 is 89.4 Å². The number of aliphatic hydroxyl groups is 11. The first-order valence-electron chi connectivity index (χ1n) is 33.7. The largest absolute Gasteiger partial charge is 0.394 e. The van der Waals surface area contributed by atoms with Gasteiger partial charge in [0.1, 0.15) is 73.2 Å². The standard InChI is InChI=1S/C66H121NO18/c1-3-5-7-9-11-13-15-17-18-19-20-21-22-23-24-25-26-27-28-29-30-32-33-35-37-39-41-43-50(71)49(67-54(72)44-42-40-38-36-34-31-16-14-12-10-8-6-4-2)48-80-64-60(78)57(75)62(52(46-69)82-64)85-66-61(79)58(76)63(53(47-70)83-66)84-65-59(77)56(74)55(73)51(45-68)81-65/h28-29,33,35,41,43,49-53,55-66,68-71,73-79H,3-27,30-32,34,36-40,42,44-48H2,1-2H3,(H,67,72)/b29-28+,35-33+,43-41+. The quantitative estimate of drug-likeness (QED) is 0.0202. The molecule has 0 saturated carbocycles. The van der Waals surface area contributed by atoms with Crippen molar-refractivity contribution in [2.24, 2.45) is 0 Å². The maximum Gasteiger partial charge on any atom is 0.220 e. The predicted molar refractivity (Wildman–Crippen MR) is 328 cm³/mol. The molecule has 17 unspecified atom stereocenters. The normalized spacial score (nSPS) is 29.2. The first kappa shape index (κ1) is 77.3. The maximum absolute atomic E-state index is 13.3. The van der Waals surface area contributed by atoms with Crippen molar-refractivity contribution in [1.82, 2.24) is 5.32 Å². The average molecular weight is 1220 g/mol. The number of rotatable bonds is 51. The monoisotopic (exact) mass is 1220 g/mol. The van der Waals surface area contributed by atoms with Crippen LogP contribution in [0.1, 0.15) is 245 Å². The van der Waals surface area contributed by atoms with Crippen molar-refractivity contribution in [2.75, 3.05) is 26.4 Å². The molecule has 3 rings (SSSR count). The fourth-order valence-corrected chi connectivity index (χ4v) is 11.4. The minimum Gasteiger partial charge on any atom is -0.394 e. The fourth-order valence-electron chi connectivity index (χ4n) is 11.4. The molecule has 3 aliphatic rings. The van der Waals surface area contributed by atoms with Gasteiger partial charge in [-0.3, -0.25) is 4.79 Å². The summed E-state index contributed by atoms with van der Waals surface area (Å²) in [6.07, 6.45) is 28.5. The second-order valence-electron chi connectivity index (χ2n) is 24.3. The zero-order valence-corrected chi connectivity index (χ0v) is 52.3. The van der Waals surface area contributed by atoms with Gasteiger partial charge in [0.05, 0.1) is 38.6 Å². The number of hydrogen-bond donors (Lipinski definition) is 12. The highest BCUT2D eigenvalue weighted by atomic mass is 16.8. The Morgan fingerprint density at radius 3 is 1.18 bits per heavy atom. The van der Waals surface area contributed by atoms with Crippen LogP contribution in [-0.2, 0) is 33.2 Å². The molecular formula is C66H121NO18. The third-order valence-electron chi connectivity index (χ3n) is 16.9. The lowest BCUT2D eigenvalue weighted by Gasteiger charge is -2.48. The average Bonchev–Trinajstić information content (AvgIpc) is 3.69. The number of carbonyl (C=O) groups is 1. The molecule has 3 fully saturated rings. The first-order valence-corrected chi connectivity index (χ1v) is 33.7. The Kier molecular flexibility index (Phi) is 44.4. The Morgan fingerprint density at radius 1 is 0.412 bits per heavy atom. The smallest absolute Gasteiger partial charge is 0.220 e. The van der Waals surface area contributed by atoms with Gasteiger partial charge in [0.25, 0.3) is 0 Å². The molecule has 1 amide bonds. The molecular weight excluding hydrogens is 1090 g/mol. The van der Waals surface area contributed by atoms with E-state index in [1.807, 2.05) is 6.08 Å². The van der Waals surface area contributed by atoms with Gasteiger partial charge in [-0.2, -0.15) is 0 Å². The van der Waals surface area contributed by atoms with Crippen LogP contribution >= 0.6 is 0 Å². The van der Waals surface area contributed by atoms with Gasteiger partial charge in [0, 0.05) is 6.42 Å². The van der Waals surface area contributed by atoms with Gasteiger partial charge in [-0.25, -0.2) is 0 Å². The summed E-state index contributed by atoms with van der Waals surface area (Å²) in [5.74, 6) is -0.289. The highest BCUT2D eigenvalue weighted by molar-refractivity contribution is 5.76. The van der Waals surface area contributed by atoms with Gasteiger partial charge in [-0.15, -0.1) is 0 Å². The first-order chi connectivity index (χ1) is 41.3. The lowest BCUT2D eigenvalue weighted by Crippen LogP contribution is -2.66. The van der Waals surface area contributed by atoms with E-state index in [1.54, 1.807) is 6.08 Å². The Hall–Kier alpha value is -1.99. The lowest BCUT2D eigenvalue weighted by molar-refractivity contribution is -0.379. The van der Waals surface area contributed by atoms with Gasteiger partial charge in [0.15, 0.2) is 18.9 Å². The Balaban J connectivity index is 1.45. The molecule has 498 valence electrons. The van der Waals surface area contributed by atoms with E-state index in [2.05, 4.69) is 43.5 Å². The number of hydrogen-bond acceptors (Lipinski definition) is 18. The van der Waals surface area contributed by atoms with Crippen LogP contribution in [0.5, 0.6) is 0 Å². The summed E-state index contributed by atoms with van der Waals surface area (Å²) in [6, 6.07) is -0.993. The van der Waals surface area contributed by atoms with Gasteiger partial charge >= 0.3 is 0 Å². The van der Waals surface area contributed by atoms with Crippen LogP contribution in [-0.4, -0.2) is 193 Å². The van der Waals surface area contributed by atoms with Gasteiger partial charge in [0.2, 0.25) is 5.91 Å². The SMILES string of the molecule is CCCCCCCCCCCCCCCCCCC/C=C/CC/C=C/CC/C=C/C(O)C(COC1OC(CO)C(OC2OC(CO)C(OC3OC(CO)C(O)C(O)C3O)C(O)C2O)C(O)C1O)NC(=O)CCCCCCCCCCCCCCC. The van der Waals surface area contributed by atoms with Crippen LogP contribution < -0.4 is 5.32 Å². The number of ether oxygens (including phenoxy) is 6. The highest BCUT2D eigenvalue weighted by Crippen LogP contribution is 2.33. The van der Waals surface area contributed by atoms with E-state index in [4.69, 9.17) is 28.4 Å². The van der Waals surface area contributed by atoms with E-state index in [0.717, 1.165) is 44.9 Å². The van der Waals surface area contributed by atoms with Crippen LogP contribution in [0.2, 0.25) is 0 Å². The van der Waals surface area contributed by atoms with Gasteiger partial charge in [-0.05, 0) is 44.9 Å². The molecule has 0 spiro atoms. The molecule has 85 heavy (non-hydrogen) atoms. The molecule has 0 aliphatic carbocycles. The molecule has 3 saturated heterocycles. The molecule has 19 nitrogen and oxygen atoms in total. The lowest BCUT2D eigenvalue weighted by atomic mass is 9.96. The van der Waals surface area contributed by atoms with E-state index in [9.17, 15) is 61.0 Å². The summed E-state index contributed by atoms with van der Waals surface area (Å²) in [7, 11) is 0. The van der Waals surface area contributed by atoms with Gasteiger partial charge in [-0.1, -0.05) is 230 Å². The van der Waals surface area contributed by atoms with Crippen LogP contribution in [0.3, 0.4) is 0 Å². The number of aliphatic hydroxyl groups excluding tert-OH is 11. The van der Waals surface area contributed by atoms with Crippen molar-refractivity contribution in [3.8, 4) is 0 Å². The van der Waals surface area contributed by atoms with Crippen molar-refractivity contribution in [3.05, 3.63) is 36.5 Å². The molecule has 12 N–H and O–H groups in total. The van der Waals surface area contributed by atoms with E-state index < -0.39 is 124 Å². The Bertz CT molecular complexity index is 1690. The number of allylic oxidation sites excluding steroid dienone is 5. The predicted octanol–water partition coefficient (Wildman–Crippen LogP) is 8.05. The van der Waals surface area contributed by atoms with E-state index in [1.165, 1.54) is 167 Å². The second kappa shape index (κ2) is 48.8.